The number of benzene rings is 1. The zero-order valence-electron chi connectivity index (χ0n) is 10.8. The molecule has 90 valence electrons. The Hall–Kier alpha value is -1.11. The van der Waals surface area contributed by atoms with Gasteiger partial charge in [0.2, 0.25) is 0 Å². The maximum Gasteiger partial charge on any atom is 0.159 e. The average molecular weight is 228 g/mol. The van der Waals surface area contributed by atoms with Crippen LogP contribution in [0.4, 0.5) is 0 Å². The Morgan fingerprint density at radius 1 is 1.12 bits per heavy atom. The van der Waals surface area contributed by atoms with Gasteiger partial charge in [0.1, 0.15) is 0 Å². The van der Waals surface area contributed by atoms with Crippen LogP contribution in [0.3, 0.4) is 0 Å². The Balaban J connectivity index is 2.22. The van der Waals surface area contributed by atoms with Crippen LogP contribution in [0.15, 0.2) is 12.1 Å². The molecule has 0 saturated heterocycles. The van der Waals surface area contributed by atoms with Crippen molar-refractivity contribution in [2.45, 2.75) is 57.8 Å². The Morgan fingerprint density at radius 3 is 2.12 bits per heavy atom. The first kappa shape index (κ1) is 11.0. The number of rotatable bonds is 1. The molecule has 0 unspecified atom stereocenters. The van der Waals surface area contributed by atoms with Crippen LogP contribution in [0, 0.1) is 0 Å². The molecule has 1 aromatic rings. The van der Waals surface area contributed by atoms with Gasteiger partial charge in [0.05, 0.1) is 0 Å². The minimum Gasteiger partial charge on any atom is -0.295 e. The van der Waals surface area contributed by atoms with Gasteiger partial charge in [-0.05, 0) is 79.7 Å². The lowest BCUT2D eigenvalue weighted by molar-refractivity contribution is 0.101. The standard InChI is InChI=1S/C16H20O/c1-11(17)14-9-12-5-3-7-16(2)8-4-6-13(10-14)15(12)16/h9-10H,3-8H2,1-2H3. The molecule has 2 aliphatic rings. The highest BCUT2D eigenvalue weighted by molar-refractivity contribution is 5.94. The SMILES string of the molecule is CC(=O)c1cc2c3c(c1)CCCC3(C)CCC2. The second-order valence-corrected chi connectivity index (χ2v) is 5.99. The maximum atomic E-state index is 11.6. The fourth-order valence-corrected chi connectivity index (χ4v) is 3.85. The molecular weight excluding hydrogens is 208 g/mol. The number of hydrogen-bond acceptors (Lipinski definition) is 1. The van der Waals surface area contributed by atoms with E-state index in [0.29, 0.717) is 5.41 Å². The smallest absolute Gasteiger partial charge is 0.159 e. The molecule has 0 aliphatic heterocycles. The van der Waals surface area contributed by atoms with E-state index in [1.54, 1.807) is 12.5 Å². The van der Waals surface area contributed by atoms with Crippen molar-refractivity contribution in [3.8, 4) is 0 Å². The van der Waals surface area contributed by atoms with Gasteiger partial charge in [-0.25, -0.2) is 0 Å². The number of carbonyl (C=O) groups is 1. The number of Topliss-reactive ketones (excluding diaryl/α,β-unsaturated/α-hetero) is 1. The van der Waals surface area contributed by atoms with Crippen molar-refractivity contribution in [3.05, 3.63) is 34.4 Å². The lowest BCUT2D eigenvalue weighted by Gasteiger charge is -2.41. The van der Waals surface area contributed by atoms with E-state index < -0.39 is 0 Å². The van der Waals surface area contributed by atoms with Gasteiger partial charge < -0.3 is 0 Å². The molecular formula is C16H20O. The molecule has 1 heteroatoms. The van der Waals surface area contributed by atoms with E-state index in [4.69, 9.17) is 0 Å². The van der Waals surface area contributed by atoms with Crippen molar-refractivity contribution in [3.63, 3.8) is 0 Å². The normalized spacial score (nSPS) is 20.8. The molecule has 2 aliphatic carbocycles. The molecule has 0 atom stereocenters. The Bertz CT molecular complexity index is 453. The summed E-state index contributed by atoms with van der Waals surface area (Å²) in [6.07, 6.45) is 7.55. The molecule has 0 fully saturated rings. The van der Waals surface area contributed by atoms with E-state index in [1.807, 2.05) is 0 Å². The summed E-state index contributed by atoms with van der Waals surface area (Å²) in [5.41, 5.74) is 5.84. The van der Waals surface area contributed by atoms with Crippen LogP contribution in [-0.4, -0.2) is 5.78 Å². The third kappa shape index (κ3) is 1.64. The molecule has 1 aromatic carbocycles. The summed E-state index contributed by atoms with van der Waals surface area (Å²) in [7, 11) is 0. The molecule has 0 saturated carbocycles. The topological polar surface area (TPSA) is 17.1 Å². The van der Waals surface area contributed by atoms with E-state index in [0.717, 1.165) is 5.56 Å². The van der Waals surface area contributed by atoms with Gasteiger partial charge in [0.15, 0.2) is 5.78 Å². The summed E-state index contributed by atoms with van der Waals surface area (Å²) in [6, 6.07) is 4.31. The monoisotopic (exact) mass is 228 g/mol. The summed E-state index contributed by atoms with van der Waals surface area (Å²) in [5.74, 6) is 0.210. The fraction of sp³-hybridized carbons (Fsp3) is 0.562. The first-order valence-electron chi connectivity index (χ1n) is 6.77. The molecule has 0 bridgehead atoms. The van der Waals surface area contributed by atoms with E-state index >= 15 is 0 Å². The Kier molecular flexibility index (Phi) is 2.39. The molecule has 17 heavy (non-hydrogen) atoms. The van der Waals surface area contributed by atoms with Gasteiger partial charge in [-0.1, -0.05) is 6.92 Å². The van der Waals surface area contributed by atoms with Crippen molar-refractivity contribution in [2.24, 2.45) is 0 Å². The number of hydrogen-bond donors (Lipinski definition) is 0. The van der Waals surface area contributed by atoms with Gasteiger partial charge in [-0.15, -0.1) is 0 Å². The molecule has 0 N–H and O–H groups in total. The zero-order valence-corrected chi connectivity index (χ0v) is 10.8. The van der Waals surface area contributed by atoms with E-state index in [1.165, 1.54) is 49.7 Å². The minimum atomic E-state index is 0.210. The lowest BCUT2D eigenvalue weighted by Crippen LogP contribution is -2.32. The van der Waals surface area contributed by atoms with Gasteiger partial charge >= 0.3 is 0 Å². The summed E-state index contributed by atoms with van der Waals surface area (Å²) in [4.78, 5) is 11.6. The number of ketones is 1. The van der Waals surface area contributed by atoms with Crippen LogP contribution >= 0.6 is 0 Å². The quantitative estimate of drug-likeness (QED) is 0.668. The van der Waals surface area contributed by atoms with Crippen LogP contribution in [0.1, 0.15) is 66.6 Å². The molecule has 0 aromatic heterocycles. The van der Waals surface area contributed by atoms with Crippen LogP contribution in [0.5, 0.6) is 0 Å². The second kappa shape index (κ2) is 3.69. The molecule has 3 rings (SSSR count). The largest absolute Gasteiger partial charge is 0.295 e. The van der Waals surface area contributed by atoms with Gasteiger partial charge in [-0.3, -0.25) is 4.79 Å². The molecule has 0 heterocycles. The predicted molar refractivity (Wildman–Crippen MR) is 69.7 cm³/mol. The number of carbonyl (C=O) groups excluding carboxylic acids is 1. The lowest BCUT2D eigenvalue weighted by atomic mass is 9.63. The Labute approximate surface area is 103 Å². The van der Waals surface area contributed by atoms with Crippen molar-refractivity contribution < 1.29 is 4.79 Å². The highest BCUT2D eigenvalue weighted by atomic mass is 16.1. The molecule has 0 radical (unpaired) electrons. The van der Waals surface area contributed by atoms with Crippen LogP contribution in [0.2, 0.25) is 0 Å². The summed E-state index contributed by atoms with van der Waals surface area (Å²) in [6.45, 7) is 4.10. The molecule has 1 nitrogen and oxygen atoms in total. The summed E-state index contributed by atoms with van der Waals surface area (Å²) in [5, 5.41) is 0. The fourth-order valence-electron chi connectivity index (χ4n) is 3.85. The van der Waals surface area contributed by atoms with Crippen LogP contribution < -0.4 is 0 Å². The third-order valence-electron chi connectivity index (χ3n) is 4.66. The van der Waals surface area contributed by atoms with Gasteiger partial charge in [-0.2, -0.15) is 0 Å². The Morgan fingerprint density at radius 2 is 1.65 bits per heavy atom. The second-order valence-electron chi connectivity index (χ2n) is 5.99. The van der Waals surface area contributed by atoms with Gasteiger partial charge in [0.25, 0.3) is 0 Å². The van der Waals surface area contributed by atoms with Gasteiger partial charge in [0, 0.05) is 5.56 Å². The van der Waals surface area contributed by atoms with Crippen molar-refractivity contribution in [1.82, 2.24) is 0 Å². The molecule has 0 spiro atoms. The maximum absolute atomic E-state index is 11.6. The number of aryl methyl sites for hydroxylation is 2. The first-order valence-corrected chi connectivity index (χ1v) is 6.77. The van der Waals surface area contributed by atoms with E-state index in [9.17, 15) is 4.79 Å². The van der Waals surface area contributed by atoms with Crippen LogP contribution in [-0.2, 0) is 18.3 Å². The average Bonchev–Trinajstić information content (AvgIpc) is 2.28. The predicted octanol–water partition coefficient (Wildman–Crippen LogP) is 3.82. The van der Waals surface area contributed by atoms with Crippen molar-refractivity contribution in [1.29, 1.82) is 0 Å². The third-order valence-corrected chi connectivity index (χ3v) is 4.66. The van der Waals surface area contributed by atoms with Crippen LogP contribution in [0.25, 0.3) is 0 Å². The van der Waals surface area contributed by atoms with E-state index in [2.05, 4.69) is 19.1 Å². The molecule has 0 amide bonds. The van der Waals surface area contributed by atoms with Crippen molar-refractivity contribution in [2.75, 3.05) is 0 Å². The van der Waals surface area contributed by atoms with Crippen molar-refractivity contribution >= 4 is 5.78 Å². The summed E-state index contributed by atoms with van der Waals surface area (Å²) < 4.78 is 0. The zero-order chi connectivity index (χ0) is 12.0. The highest BCUT2D eigenvalue weighted by Gasteiger charge is 2.36. The highest BCUT2D eigenvalue weighted by Crippen LogP contribution is 2.46. The summed E-state index contributed by atoms with van der Waals surface area (Å²) >= 11 is 0. The first-order chi connectivity index (χ1) is 8.10. The van der Waals surface area contributed by atoms with E-state index in [-0.39, 0.29) is 5.78 Å². The minimum absolute atomic E-state index is 0.210.